The highest BCUT2D eigenvalue weighted by Gasteiger charge is 2.16. The van der Waals surface area contributed by atoms with Gasteiger partial charge in [-0.25, -0.2) is 14.6 Å². The molecule has 2 heterocycles. The zero-order valence-electron chi connectivity index (χ0n) is 10.6. The predicted molar refractivity (Wildman–Crippen MR) is 69.3 cm³/mol. The van der Waals surface area contributed by atoms with Crippen LogP contribution in [0.4, 0.5) is 0 Å². The Labute approximate surface area is 109 Å². The zero-order valence-corrected chi connectivity index (χ0v) is 10.6. The van der Waals surface area contributed by atoms with Crippen LogP contribution in [-0.2, 0) is 7.05 Å². The van der Waals surface area contributed by atoms with Gasteiger partial charge in [-0.2, -0.15) is 10.4 Å². The molecular formula is C13H12N6. The Morgan fingerprint density at radius 1 is 1.37 bits per heavy atom. The number of nitriles is 1. The Bertz CT molecular complexity index is 762. The first-order valence-corrected chi connectivity index (χ1v) is 5.91. The van der Waals surface area contributed by atoms with Gasteiger partial charge in [0, 0.05) is 7.05 Å². The van der Waals surface area contributed by atoms with Crippen LogP contribution in [0.5, 0.6) is 0 Å². The SMILES string of the molecule is CC(c1nc2ccc(C#N)cc2n1C)n1cncn1. The highest BCUT2D eigenvalue weighted by molar-refractivity contribution is 5.77. The van der Waals surface area contributed by atoms with Gasteiger partial charge in [-0.05, 0) is 25.1 Å². The van der Waals surface area contributed by atoms with E-state index in [4.69, 9.17) is 5.26 Å². The second-order valence-electron chi connectivity index (χ2n) is 4.40. The monoisotopic (exact) mass is 252 g/mol. The normalized spacial score (nSPS) is 12.5. The highest BCUT2D eigenvalue weighted by Crippen LogP contribution is 2.22. The molecule has 0 aliphatic carbocycles. The van der Waals surface area contributed by atoms with E-state index in [1.54, 1.807) is 17.1 Å². The van der Waals surface area contributed by atoms with E-state index in [0.29, 0.717) is 5.56 Å². The number of imidazole rings is 1. The van der Waals surface area contributed by atoms with E-state index in [9.17, 15) is 0 Å². The fourth-order valence-corrected chi connectivity index (χ4v) is 2.19. The molecule has 94 valence electrons. The highest BCUT2D eigenvalue weighted by atomic mass is 15.3. The number of fused-ring (bicyclic) bond motifs is 1. The molecule has 0 fully saturated rings. The summed E-state index contributed by atoms with van der Waals surface area (Å²) in [5.41, 5.74) is 2.46. The number of aromatic nitrogens is 5. The van der Waals surface area contributed by atoms with E-state index in [1.165, 1.54) is 6.33 Å². The summed E-state index contributed by atoms with van der Waals surface area (Å²) in [5, 5.41) is 13.1. The van der Waals surface area contributed by atoms with Crippen molar-refractivity contribution in [3.8, 4) is 6.07 Å². The number of hydrogen-bond donors (Lipinski definition) is 0. The average Bonchev–Trinajstić information content (AvgIpc) is 3.06. The number of aryl methyl sites for hydroxylation is 1. The summed E-state index contributed by atoms with van der Waals surface area (Å²) in [6.07, 6.45) is 3.18. The topological polar surface area (TPSA) is 72.3 Å². The van der Waals surface area contributed by atoms with Crippen LogP contribution in [-0.4, -0.2) is 24.3 Å². The third-order valence-corrected chi connectivity index (χ3v) is 3.25. The number of benzene rings is 1. The van der Waals surface area contributed by atoms with E-state index >= 15 is 0 Å². The van der Waals surface area contributed by atoms with Crippen LogP contribution in [0, 0.1) is 11.3 Å². The first kappa shape index (κ1) is 11.4. The zero-order chi connectivity index (χ0) is 13.4. The van der Waals surface area contributed by atoms with Crippen molar-refractivity contribution in [1.82, 2.24) is 24.3 Å². The molecule has 1 aromatic carbocycles. The molecule has 6 nitrogen and oxygen atoms in total. The first-order chi connectivity index (χ1) is 9.20. The number of nitrogens with zero attached hydrogens (tertiary/aromatic N) is 6. The average molecular weight is 252 g/mol. The van der Waals surface area contributed by atoms with E-state index in [2.05, 4.69) is 21.1 Å². The molecule has 6 heteroatoms. The summed E-state index contributed by atoms with van der Waals surface area (Å²) >= 11 is 0. The largest absolute Gasteiger partial charge is 0.329 e. The molecule has 0 aliphatic heterocycles. The molecule has 2 aromatic heterocycles. The van der Waals surface area contributed by atoms with Gasteiger partial charge in [0.05, 0.1) is 22.7 Å². The molecule has 0 bridgehead atoms. The van der Waals surface area contributed by atoms with Crippen molar-refractivity contribution in [1.29, 1.82) is 5.26 Å². The van der Waals surface area contributed by atoms with Crippen LogP contribution in [0.3, 0.4) is 0 Å². The first-order valence-electron chi connectivity index (χ1n) is 5.91. The lowest BCUT2D eigenvalue weighted by atomic mass is 10.2. The van der Waals surface area contributed by atoms with Crippen molar-refractivity contribution in [2.24, 2.45) is 7.05 Å². The molecule has 1 atom stereocenters. The maximum atomic E-state index is 8.95. The Morgan fingerprint density at radius 2 is 2.21 bits per heavy atom. The molecule has 3 aromatic rings. The number of hydrogen-bond acceptors (Lipinski definition) is 4. The van der Waals surface area contributed by atoms with Gasteiger partial charge in [-0.1, -0.05) is 0 Å². The molecule has 0 saturated carbocycles. The molecular weight excluding hydrogens is 240 g/mol. The van der Waals surface area contributed by atoms with Crippen LogP contribution in [0.15, 0.2) is 30.9 Å². The molecule has 0 amide bonds. The van der Waals surface area contributed by atoms with Crippen LogP contribution in [0.2, 0.25) is 0 Å². The third kappa shape index (κ3) is 1.76. The lowest BCUT2D eigenvalue weighted by molar-refractivity contribution is 0.522. The Balaban J connectivity index is 2.15. The van der Waals surface area contributed by atoms with Crippen molar-refractivity contribution in [3.63, 3.8) is 0 Å². The summed E-state index contributed by atoms with van der Waals surface area (Å²) in [7, 11) is 1.94. The standard InChI is InChI=1S/C13H12N6/c1-9(19-8-15-7-16-19)13-17-11-4-3-10(6-14)5-12(11)18(13)2/h3-5,7-9H,1-2H3. The summed E-state index contributed by atoms with van der Waals surface area (Å²) in [4.78, 5) is 8.56. The molecule has 0 saturated heterocycles. The van der Waals surface area contributed by atoms with Gasteiger partial charge in [0.25, 0.3) is 0 Å². The minimum atomic E-state index is -0.00886. The quantitative estimate of drug-likeness (QED) is 0.695. The lowest BCUT2D eigenvalue weighted by Crippen LogP contribution is -2.12. The van der Waals surface area contributed by atoms with Gasteiger partial charge in [0.1, 0.15) is 24.5 Å². The third-order valence-electron chi connectivity index (χ3n) is 3.25. The summed E-state index contributed by atoms with van der Waals surface area (Å²) in [6, 6.07) is 7.63. The van der Waals surface area contributed by atoms with Crippen LogP contribution < -0.4 is 0 Å². The minimum Gasteiger partial charge on any atom is -0.329 e. The van der Waals surface area contributed by atoms with Crippen LogP contribution in [0.1, 0.15) is 24.4 Å². The second-order valence-corrected chi connectivity index (χ2v) is 4.40. The fourth-order valence-electron chi connectivity index (χ4n) is 2.19. The van der Waals surface area contributed by atoms with Crippen molar-refractivity contribution in [2.75, 3.05) is 0 Å². The molecule has 0 radical (unpaired) electrons. The molecule has 1 unspecified atom stereocenters. The van der Waals surface area contributed by atoms with E-state index in [-0.39, 0.29) is 6.04 Å². The number of rotatable bonds is 2. The molecule has 0 spiro atoms. The van der Waals surface area contributed by atoms with E-state index < -0.39 is 0 Å². The summed E-state index contributed by atoms with van der Waals surface area (Å²) < 4.78 is 3.74. The second kappa shape index (κ2) is 4.21. The van der Waals surface area contributed by atoms with Gasteiger partial charge in [0.15, 0.2) is 0 Å². The predicted octanol–water partition coefficient (Wildman–Crippen LogP) is 1.65. The summed E-state index contributed by atoms with van der Waals surface area (Å²) in [5.74, 6) is 0.885. The molecule has 3 rings (SSSR count). The summed E-state index contributed by atoms with van der Waals surface area (Å²) in [6.45, 7) is 2.01. The Kier molecular flexibility index (Phi) is 2.53. The fraction of sp³-hybridized carbons (Fsp3) is 0.231. The Hall–Kier alpha value is -2.68. The van der Waals surface area contributed by atoms with Gasteiger partial charge < -0.3 is 4.57 Å². The van der Waals surface area contributed by atoms with Crippen molar-refractivity contribution < 1.29 is 0 Å². The minimum absolute atomic E-state index is 0.00886. The van der Waals surface area contributed by atoms with Crippen molar-refractivity contribution in [2.45, 2.75) is 13.0 Å². The lowest BCUT2D eigenvalue weighted by Gasteiger charge is -2.11. The van der Waals surface area contributed by atoms with Gasteiger partial charge in [-0.15, -0.1) is 0 Å². The van der Waals surface area contributed by atoms with Crippen LogP contribution >= 0.6 is 0 Å². The van der Waals surface area contributed by atoms with Crippen LogP contribution in [0.25, 0.3) is 11.0 Å². The smallest absolute Gasteiger partial charge is 0.137 e. The maximum Gasteiger partial charge on any atom is 0.137 e. The van der Waals surface area contributed by atoms with E-state index in [0.717, 1.165) is 16.9 Å². The van der Waals surface area contributed by atoms with E-state index in [1.807, 2.05) is 30.7 Å². The van der Waals surface area contributed by atoms with Gasteiger partial charge >= 0.3 is 0 Å². The maximum absolute atomic E-state index is 8.95. The van der Waals surface area contributed by atoms with Gasteiger partial charge in [-0.3, -0.25) is 0 Å². The Morgan fingerprint density at radius 3 is 2.89 bits per heavy atom. The molecule has 0 N–H and O–H groups in total. The van der Waals surface area contributed by atoms with Crippen molar-refractivity contribution >= 4 is 11.0 Å². The molecule has 19 heavy (non-hydrogen) atoms. The van der Waals surface area contributed by atoms with Gasteiger partial charge in [0.2, 0.25) is 0 Å². The molecule has 0 aliphatic rings. The van der Waals surface area contributed by atoms with Crippen molar-refractivity contribution in [3.05, 3.63) is 42.2 Å².